The highest BCUT2D eigenvalue weighted by atomic mass is 28.4. The Balaban J connectivity index is 4.68. The van der Waals surface area contributed by atoms with E-state index >= 15 is 0 Å². The second-order valence-electron chi connectivity index (χ2n) is 6.65. The van der Waals surface area contributed by atoms with E-state index in [9.17, 15) is 9.90 Å². The summed E-state index contributed by atoms with van der Waals surface area (Å²) in [7, 11) is -1.94. The highest BCUT2D eigenvalue weighted by molar-refractivity contribution is 6.74. The predicted octanol–water partition coefficient (Wildman–Crippen LogP) is 2.24. The lowest BCUT2D eigenvalue weighted by Crippen LogP contribution is -2.49. The summed E-state index contributed by atoms with van der Waals surface area (Å²) < 4.78 is 10.8. The first kappa shape index (κ1) is 17.4. The van der Waals surface area contributed by atoms with Crippen molar-refractivity contribution in [3.63, 3.8) is 0 Å². The largest absolute Gasteiger partial charge is 0.441 e. The Morgan fingerprint density at radius 1 is 1.28 bits per heavy atom. The predicted molar refractivity (Wildman–Crippen MR) is 73.9 cm³/mol. The lowest BCUT2D eigenvalue weighted by Gasteiger charge is -2.38. The van der Waals surface area contributed by atoms with E-state index in [0.717, 1.165) is 0 Å². The third-order valence-electron chi connectivity index (χ3n) is 3.45. The Bertz CT molecular complexity index is 291. The molecule has 0 aromatic carbocycles. The molecule has 3 N–H and O–H groups in total. The molecule has 0 heterocycles. The zero-order valence-electron chi connectivity index (χ0n) is 12.5. The van der Waals surface area contributed by atoms with E-state index in [0.29, 0.717) is 0 Å². The monoisotopic (exact) mass is 277 g/mol. The SMILES string of the molecule is CC(C)(O)C(CO[Si](C)(C)C(C)(C)C)OC(N)=O. The summed E-state index contributed by atoms with van der Waals surface area (Å²) in [6.45, 7) is 13.8. The van der Waals surface area contributed by atoms with E-state index in [2.05, 4.69) is 33.9 Å². The van der Waals surface area contributed by atoms with Gasteiger partial charge in [0.25, 0.3) is 0 Å². The van der Waals surface area contributed by atoms with Crippen LogP contribution in [0, 0.1) is 0 Å². The number of hydrogen-bond acceptors (Lipinski definition) is 4. The molecule has 1 unspecified atom stereocenters. The highest BCUT2D eigenvalue weighted by Crippen LogP contribution is 2.36. The fourth-order valence-electron chi connectivity index (χ4n) is 1.02. The first-order valence-corrected chi connectivity index (χ1v) is 9.00. The molecule has 0 aliphatic rings. The van der Waals surface area contributed by atoms with E-state index in [1.807, 2.05) is 0 Å². The molecule has 6 heteroatoms. The maximum atomic E-state index is 10.8. The number of ether oxygens (including phenoxy) is 1. The molecule has 5 nitrogen and oxygen atoms in total. The van der Waals surface area contributed by atoms with Crippen LogP contribution >= 0.6 is 0 Å². The van der Waals surface area contributed by atoms with Crippen LogP contribution in [0.5, 0.6) is 0 Å². The quantitative estimate of drug-likeness (QED) is 0.755. The van der Waals surface area contributed by atoms with Crippen molar-refractivity contribution < 1.29 is 19.1 Å². The summed E-state index contributed by atoms with van der Waals surface area (Å²) in [5, 5.41) is 9.99. The van der Waals surface area contributed by atoms with E-state index < -0.39 is 26.1 Å². The molecule has 1 amide bonds. The van der Waals surface area contributed by atoms with Crippen LogP contribution < -0.4 is 5.73 Å². The summed E-state index contributed by atoms with van der Waals surface area (Å²) in [4.78, 5) is 10.8. The lowest BCUT2D eigenvalue weighted by atomic mass is 10.0. The van der Waals surface area contributed by atoms with Crippen molar-refractivity contribution >= 4 is 14.4 Å². The summed E-state index contributed by atoms with van der Waals surface area (Å²) in [5.74, 6) is 0. The molecule has 18 heavy (non-hydrogen) atoms. The van der Waals surface area contributed by atoms with Gasteiger partial charge in [0.05, 0.1) is 12.2 Å². The van der Waals surface area contributed by atoms with Crippen LogP contribution in [0.2, 0.25) is 18.1 Å². The molecule has 0 rings (SSSR count). The Morgan fingerprint density at radius 2 is 1.72 bits per heavy atom. The third-order valence-corrected chi connectivity index (χ3v) is 7.95. The molecular weight excluding hydrogens is 250 g/mol. The molecule has 0 aromatic rings. The Kier molecular flexibility index (Phi) is 5.40. The van der Waals surface area contributed by atoms with Crippen LogP contribution in [-0.2, 0) is 9.16 Å². The van der Waals surface area contributed by atoms with Gasteiger partial charge in [0.1, 0.15) is 0 Å². The Morgan fingerprint density at radius 3 is 2.00 bits per heavy atom. The van der Waals surface area contributed by atoms with Crippen molar-refractivity contribution in [3.8, 4) is 0 Å². The van der Waals surface area contributed by atoms with Crippen LogP contribution in [0.3, 0.4) is 0 Å². The maximum Gasteiger partial charge on any atom is 0.404 e. The Labute approximate surface area is 111 Å². The van der Waals surface area contributed by atoms with Crippen LogP contribution in [0.4, 0.5) is 4.79 Å². The van der Waals surface area contributed by atoms with Crippen molar-refractivity contribution in [3.05, 3.63) is 0 Å². The molecule has 108 valence electrons. The normalized spacial score (nSPS) is 15.3. The molecule has 1 atom stereocenters. The minimum Gasteiger partial charge on any atom is -0.441 e. The van der Waals surface area contributed by atoms with Gasteiger partial charge in [-0.2, -0.15) is 0 Å². The topological polar surface area (TPSA) is 81.8 Å². The average Bonchev–Trinajstić information content (AvgIpc) is 2.07. The van der Waals surface area contributed by atoms with Gasteiger partial charge in [-0.1, -0.05) is 20.8 Å². The summed E-state index contributed by atoms with van der Waals surface area (Å²) in [5.41, 5.74) is 3.82. The molecule has 0 bridgehead atoms. The van der Waals surface area contributed by atoms with Gasteiger partial charge in [-0.3, -0.25) is 0 Å². The van der Waals surface area contributed by atoms with Gasteiger partial charge in [0.2, 0.25) is 0 Å². The third kappa shape index (κ3) is 5.37. The molecule has 0 aliphatic carbocycles. The van der Waals surface area contributed by atoms with Crippen molar-refractivity contribution in [2.24, 2.45) is 5.73 Å². The molecule has 0 fully saturated rings. The van der Waals surface area contributed by atoms with Crippen molar-refractivity contribution in [2.75, 3.05) is 6.61 Å². The number of rotatable bonds is 5. The molecule has 0 saturated carbocycles. The van der Waals surface area contributed by atoms with E-state index in [1.165, 1.54) is 0 Å². The van der Waals surface area contributed by atoms with Crippen LogP contribution in [0.25, 0.3) is 0 Å². The summed E-state index contributed by atoms with van der Waals surface area (Å²) >= 11 is 0. The molecule has 0 saturated heterocycles. The van der Waals surface area contributed by atoms with E-state index in [4.69, 9.17) is 14.9 Å². The number of primary amides is 1. The number of hydrogen-bond donors (Lipinski definition) is 2. The number of nitrogens with two attached hydrogens (primary N) is 1. The standard InChI is InChI=1S/C12H27NO4Si/c1-11(2,3)18(6,7)16-8-9(12(4,5)15)17-10(13)14/h9,15H,8H2,1-7H3,(H2,13,14). The fourth-order valence-corrected chi connectivity index (χ4v) is 2.02. The molecule has 0 aliphatic heterocycles. The first-order valence-electron chi connectivity index (χ1n) is 6.10. The van der Waals surface area contributed by atoms with Gasteiger partial charge in [0.15, 0.2) is 14.4 Å². The van der Waals surface area contributed by atoms with Gasteiger partial charge in [-0.15, -0.1) is 0 Å². The van der Waals surface area contributed by atoms with Gasteiger partial charge >= 0.3 is 6.09 Å². The minimum atomic E-state index is -1.94. The van der Waals surface area contributed by atoms with Crippen LogP contribution in [0.1, 0.15) is 34.6 Å². The van der Waals surface area contributed by atoms with Gasteiger partial charge in [-0.05, 0) is 32.0 Å². The molecular formula is C12H27NO4Si. The highest BCUT2D eigenvalue weighted by Gasteiger charge is 2.39. The molecule has 0 radical (unpaired) electrons. The number of amides is 1. The molecule has 0 spiro atoms. The van der Waals surface area contributed by atoms with Crippen molar-refractivity contribution in [1.29, 1.82) is 0 Å². The van der Waals surface area contributed by atoms with Gasteiger partial charge in [-0.25, -0.2) is 4.79 Å². The Hall–Kier alpha value is -0.593. The van der Waals surface area contributed by atoms with Crippen molar-refractivity contribution in [1.82, 2.24) is 0 Å². The average molecular weight is 277 g/mol. The number of carbonyl (C=O) groups is 1. The second-order valence-corrected chi connectivity index (χ2v) is 11.5. The number of carbonyl (C=O) groups excluding carboxylic acids is 1. The number of aliphatic hydroxyl groups is 1. The van der Waals surface area contributed by atoms with Crippen LogP contribution in [0.15, 0.2) is 0 Å². The van der Waals surface area contributed by atoms with Gasteiger partial charge in [0, 0.05) is 0 Å². The lowest BCUT2D eigenvalue weighted by molar-refractivity contribution is -0.0721. The summed E-state index contributed by atoms with van der Waals surface area (Å²) in [6, 6.07) is 0. The molecule has 0 aromatic heterocycles. The minimum absolute atomic E-state index is 0.0594. The van der Waals surface area contributed by atoms with E-state index in [1.54, 1.807) is 13.8 Å². The maximum absolute atomic E-state index is 10.8. The zero-order chi connectivity index (χ0) is 14.8. The first-order chi connectivity index (χ1) is 7.77. The fraction of sp³-hybridized carbons (Fsp3) is 0.917. The van der Waals surface area contributed by atoms with Crippen LogP contribution in [-0.4, -0.2) is 37.8 Å². The van der Waals surface area contributed by atoms with Crippen molar-refractivity contribution in [2.45, 2.75) is 64.5 Å². The zero-order valence-corrected chi connectivity index (χ0v) is 13.5. The smallest absolute Gasteiger partial charge is 0.404 e. The van der Waals surface area contributed by atoms with E-state index in [-0.39, 0.29) is 11.6 Å². The second kappa shape index (κ2) is 5.58. The van der Waals surface area contributed by atoms with Gasteiger partial charge < -0.3 is 20.0 Å². The summed E-state index contributed by atoms with van der Waals surface area (Å²) in [6.07, 6.45) is -1.66.